The molecule has 4 nitrogen and oxygen atoms in total. The molecular formula is C10H13ClN4. The number of imidazole rings is 1. The Hall–Kier alpha value is -1.29. The van der Waals surface area contributed by atoms with Crippen molar-refractivity contribution in [3.63, 3.8) is 0 Å². The number of aromatic nitrogens is 4. The van der Waals surface area contributed by atoms with Crippen LogP contribution in [0.4, 0.5) is 0 Å². The number of halogens is 1. The third-order valence-electron chi connectivity index (χ3n) is 2.45. The van der Waals surface area contributed by atoms with Crippen LogP contribution in [0, 0.1) is 0 Å². The van der Waals surface area contributed by atoms with Crippen LogP contribution in [0.3, 0.4) is 0 Å². The second-order valence-corrected chi connectivity index (χ2v) is 3.84. The number of aryl methyl sites for hydroxylation is 1. The van der Waals surface area contributed by atoms with Crippen LogP contribution in [0.15, 0.2) is 24.9 Å². The van der Waals surface area contributed by atoms with Crippen molar-refractivity contribution in [3.05, 3.63) is 36.2 Å². The molecule has 0 aromatic carbocycles. The molecule has 0 amide bonds. The van der Waals surface area contributed by atoms with E-state index in [1.54, 1.807) is 11.0 Å². The number of hydrogen-bond acceptors (Lipinski definition) is 2. The topological polar surface area (TPSA) is 35.6 Å². The highest BCUT2D eigenvalue weighted by Crippen LogP contribution is 2.17. The fraction of sp³-hybridized carbons (Fsp3) is 0.400. The van der Waals surface area contributed by atoms with Crippen molar-refractivity contribution >= 4 is 11.6 Å². The first-order valence-corrected chi connectivity index (χ1v) is 5.31. The van der Waals surface area contributed by atoms with E-state index < -0.39 is 0 Å². The number of alkyl halides is 1. The van der Waals surface area contributed by atoms with E-state index in [4.69, 9.17) is 11.6 Å². The van der Waals surface area contributed by atoms with Crippen molar-refractivity contribution in [2.45, 2.75) is 18.8 Å². The maximum atomic E-state index is 5.70. The maximum Gasteiger partial charge on any atom is 0.0955 e. The second-order valence-electron chi connectivity index (χ2n) is 3.57. The minimum Gasteiger partial charge on any atom is -0.330 e. The summed E-state index contributed by atoms with van der Waals surface area (Å²) in [5.74, 6) is 0.451. The van der Waals surface area contributed by atoms with Gasteiger partial charge in [-0.25, -0.2) is 4.98 Å². The van der Waals surface area contributed by atoms with Crippen molar-refractivity contribution < 1.29 is 0 Å². The van der Waals surface area contributed by atoms with Gasteiger partial charge in [0.1, 0.15) is 0 Å². The van der Waals surface area contributed by atoms with Crippen LogP contribution in [0.2, 0.25) is 0 Å². The molecule has 2 heterocycles. The van der Waals surface area contributed by atoms with Gasteiger partial charge < -0.3 is 4.57 Å². The molecule has 0 saturated heterocycles. The lowest BCUT2D eigenvalue weighted by Gasteiger charge is -2.09. The van der Waals surface area contributed by atoms with Gasteiger partial charge in [-0.05, 0) is 6.92 Å². The van der Waals surface area contributed by atoms with Gasteiger partial charge in [-0.2, -0.15) is 5.10 Å². The highest BCUT2D eigenvalue weighted by atomic mass is 35.5. The molecule has 0 bridgehead atoms. The molecule has 0 N–H and O–H groups in total. The summed E-state index contributed by atoms with van der Waals surface area (Å²) in [7, 11) is 1.91. The molecule has 0 radical (unpaired) electrons. The summed E-state index contributed by atoms with van der Waals surface area (Å²) in [6, 6.07) is 0.239. The van der Waals surface area contributed by atoms with Gasteiger partial charge in [-0.3, -0.25) is 4.68 Å². The lowest BCUT2D eigenvalue weighted by Crippen LogP contribution is -2.03. The average Bonchev–Trinajstić information content (AvgIpc) is 2.84. The molecule has 0 aliphatic carbocycles. The third kappa shape index (κ3) is 2.04. The van der Waals surface area contributed by atoms with E-state index in [0.717, 1.165) is 11.3 Å². The van der Waals surface area contributed by atoms with E-state index in [9.17, 15) is 0 Å². The molecule has 0 spiro atoms. The van der Waals surface area contributed by atoms with Gasteiger partial charge in [0.25, 0.3) is 0 Å². The van der Waals surface area contributed by atoms with Gasteiger partial charge >= 0.3 is 0 Å². The fourth-order valence-corrected chi connectivity index (χ4v) is 1.63. The first-order valence-electron chi connectivity index (χ1n) is 4.77. The van der Waals surface area contributed by atoms with Gasteiger partial charge in [0.05, 0.1) is 30.1 Å². The minimum absolute atomic E-state index is 0.239. The molecule has 2 aromatic heterocycles. The Kier molecular flexibility index (Phi) is 2.77. The molecule has 0 aliphatic rings. The summed E-state index contributed by atoms with van der Waals surface area (Å²) in [6.45, 7) is 2.11. The van der Waals surface area contributed by atoms with Crippen molar-refractivity contribution in [1.82, 2.24) is 19.3 Å². The molecule has 80 valence electrons. The van der Waals surface area contributed by atoms with E-state index >= 15 is 0 Å². The molecule has 0 fully saturated rings. The third-order valence-corrected chi connectivity index (χ3v) is 2.72. The predicted molar refractivity (Wildman–Crippen MR) is 58.8 cm³/mol. The lowest BCUT2D eigenvalue weighted by atomic mass is 10.2. The molecule has 1 unspecified atom stereocenters. The van der Waals surface area contributed by atoms with E-state index in [2.05, 4.69) is 17.0 Å². The lowest BCUT2D eigenvalue weighted by molar-refractivity contribution is 0.637. The Morgan fingerprint density at radius 1 is 1.47 bits per heavy atom. The quantitative estimate of drug-likeness (QED) is 0.748. The van der Waals surface area contributed by atoms with Gasteiger partial charge in [0.15, 0.2) is 0 Å². The molecule has 1 atom stereocenters. The van der Waals surface area contributed by atoms with E-state index in [1.807, 2.05) is 30.2 Å². The zero-order valence-corrected chi connectivity index (χ0v) is 9.52. The first kappa shape index (κ1) is 10.2. The molecule has 5 heteroatoms. The summed E-state index contributed by atoms with van der Waals surface area (Å²) in [4.78, 5) is 4.19. The van der Waals surface area contributed by atoms with Crippen LogP contribution in [0.5, 0.6) is 0 Å². The van der Waals surface area contributed by atoms with Crippen LogP contribution in [0.25, 0.3) is 0 Å². The molecule has 2 rings (SSSR count). The number of rotatable bonds is 3. The SMILES string of the molecule is CC(c1cnn(C)c1)n1cnc(CCl)c1. The Labute approximate surface area is 93.5 Å². The summed E-state index contributed by atoms with van der Waals surface area (Å²) in [5.41, 5.74) is 2.06. The normalized spacial score (nSPS) is 13.0. The second kappa shape index (κ2) is 4.06. The largest absolute Gasteiger partial charge is 0.330 e. The molecule has 0 aliphatic heterocycles. The zero-order chi connectivity index (χ0) is 10.8. The van der Waals surface area contributed by atoms with Crippen molar-refractivity contribution in [1.29, 1.82) is 0 Å². The van der Waals surface area contributed by atoms with E-state index in [-0.39, 0.29) is 6.04 Å². The monoisotopic (exact) mass is 224 g/mol. The molecule has 15 heavy (non-hydrogen) atoms. The first-order chi connectivity index (χ1) is 7.20. The highest BCUT2D eigenvalue weighted by molar-refractivity contribution is 6.16. The standard InChI is InChI=1S/C10H13ClN4/c1-8(9-4-13-14(2)5-9)15-6-10(3-11)12-7-15/h4-8H,3H2,1-2H3. The summed E-state index contributed by atoms with van der Waals surface area (Å²) in [5, 5.41) is 4.15. The summed E-state index contributed by atoms with van der Waals surface area (Å²) < 4.78 is 3.83. The van der Waals surface area contributed by atoms with Gasteiger partial charge in [-0.15, -0.1) is 11.6 Å². The van der Waals surface area contributed by atoms with Crippen LogP contribution < -0.4 is 0 Å². The molecule has 0 saturated carbocycles. The summed E-state index contributed by atoms with van der Waals surface area (Å²) >= 11 is 5.70. The van der Waals surface area contributed by atoms with Crippen LogP contribution in [0.1, 0.15) is 24.2 Å². The number of hydrogen-bond donors (Lipinski definition) is 0. The van der Waals surface area contributed by atoms with Crippen LogP contribution in [-0.4, -0.2) is 19.3 Å². The van der Waals surface area contributed by atoms with Gasteiger partial charge in [0, 0.05) is 25.0 Å². The van der Waals surface area contributed by atoms with Crippen LogP contribution in [-0.2, 0) is 12.9 Å². The maximum absolute atomic E-state index is 5.70. The van der Waals surface area contributed by atoms with Gasteiger partial charge in [-0.1, -0.05) is 0 Å². The van der Waals surface area contributed by atoms with Crippen molar-refractivity contribution in [2.24, 2.45) is 7.05 Å². The van der Waals surface area contributed by atoms with Crippen LogP contribution >= 0.6 is 11.6 Å². The minimum atomic E-state index is 0.239. The smallest absolute Gasteiger partial charge is 0.0955 e. The van der Waals surface area contributed by atoms with Crippen molar-refractivity contribution in [3.8, 4) is 0 Å². The highest BCUT2D eigenvalue weighted by Gasteiger charge is 2.09. The molecule has 2 aromatic rings. The van der Waals surface area contributed by atoms with E-state index in [1.165, 1.54) is 0 Å². The fourth-order valence-electron chi connectivity index (χ4n) is 1.49. The van der Waals surface area contributed by atoms with Gasteiger partial charge in [0.2, 0.25) is 0 Å². The Bertz CT molecular complexity index is 446. The Morgan fingerprint density at radius 2 is 2.27 bits per heavy atom. The Balaban J connectivity index is 2.23. The Morgan fingerprint density at radius 3 is 2.80 bits per heavy atom. The zero-order valence-electron chi connectivity index (χ0n) is 8.76. The number of nitrogens with zero attached hydrogens (tertiary/aromatic N) is 4. The summed E-state index contributed by atoms with van der Waals surface area (Å²) in [6.07, 6.45) is 7.64. The molecular weight excluding hydrogens is 212 g/mol. The average molecular weight is 225 g/mol. The van der Waals surface area contributed by atoms with Crippen molar-refractivity contribution in [2.75, 3.05) is 0 Å². The van der Waals surface area contributed by atoms with E-state index in [0.29, 0.717) is 5.88 Å². The predicted octanol–water partition coefficient (Wildman–Crippen LogP) is 1.96.